The number of hydrogen-bond acceptors (Lipinski definition) is 4. The molecular formula is C8H22N4. The highest BCUT2D eigenvalue weighted by molar-refractivity contribution is 4.77. The van der Waals surface area contributed by atoms with Crippen LogP contribution in [0.25, 0.3) is 0 Å². The van der Waals surface area contributed by atoms with Gasteiger partial charge in [0.2, 0.25) is 0 Å². The largest absolute Gasteiger partial charge is 0.327 e. The lowest BCUT2D eigenvalue weighted by Gasteiger charge is -2.20. The molecule has 4 nitrogen and oxygen atoms in total. The van der Waals surface area contributed by atoms with E-state index in [1.165, 1.54) is 0 Å². The van der Waals surface area contributed by atoms with Gasteiger partial charge in [0.05, 0.1) is 0 Å². The van der Waals surface area contributed by atoms with Gasteiger partial charge in [-0.25, -0.2) is 0 Å². The van der Waals surface area contributed by atoms with E-state index in [4.69, 9.17) is 22.9 Å². The molecular weight excluding hydrogens is 152 g/mol. The van der Waals surface area contributed by atoms with E-state index in [0.717, 1.165) is 12.8 Å². The van der Waals surface area contributed by atoms with E-state index in [1.807, 2.05) is 13.8 Å². The number of hydrogen-bond donors (Lipinski definition) is 4. The van der Waals surface area contributed by atoms with Gasteiger partial charge in [-0.1, -0.05) is 0 Å². The van der Waals surface area contributed by atoms with Crippen molar-refractivity contribution in [1.29, 1.82) is 0 Å². The summed E-state index contributed by atoms with van der Waals surface area (Å²) in [4.78, 5) is 0. The molecule has 0 aromatic heterocycles. The van der Waals surface area contributed by atoms with E-state index >= 15 is 0 Å². The van der Waals surface area contributed by atoms with Gasteiger partial charge in [0, 0.05) is 24.2 Å². The summed E-state index contributed by atoms with van der Waals surface area (Å²) >= 11 is 0. The molecule has 0 aliphatic rings. The van der Waals surface area contributed by atoms with Crippen molar-refractivity contribution >= 4 is 0 Å². The van der Waals surface area contributed by atoms with Crippen LogP contribution in [-0.4, -0.2) is 24.2 Å². The summed E-state index contributed by atoms with van der Waals surface area (Å²) in [6.07, 6.45) is 1.70. The molecule has 0 aliphatic carbocycles. The van der Waals surface area contributed by atoms with Gasteiger partial charge in [-0.2, -0.15) is 0 Å². The lowest BCUT2D eigenvalue weighted by atomic mass is 9.99. The first kappa shape index (κ1) is 11.8. The van der Waals surface area contributed by atoms with Gasteiger partial charge in [-0.05, 0) is 26.7 Å². The Labute approximate surface area is 74.7 Å². The molecule has 0 aliphatic heterocycles. The Kier molecular flexibility index (Phi) is 5.41. The van der Waals surface area contributed by atoms with Crippen LogP contribution in [0, 0.1) is 0 Å². The molecule has 0 aromatic rings. The van der Waals surface area contributed by atoms with Crippen LogP contribution < -0.4 is 22.9 Å². The molecule has 4 unspecified atom stereocenters. The van der Waals surface area contributed by atoms with Crippen molar-refractivity contribution in [3.05, 3.63) is 0 Å². The van der Waals surface area contributed by atoms with E-state index in [0.29, 0.717) is 0 Å². The van der Waals surface area contributed by atoms with Gasteiger partial charge in [0.25, 0.3) is 0 Å². The van der Waals surface area contributed by atoms with E-state index in [2.05, 4.69) is 0 Å². The highest BCUT2D eigenvalue weighted by Crippen LogP contribution is 2.02. The first-order valence-electron chi connectivity index (χ1n) is 4.47. The maximum atomic E-state index is 5.74. The molecule has 74 valence electrons. The predicted octanol–water partition coefficient (Wildman–Crippen LogP) is -0.884. The van der Waals surface area contributed by atoms with Crippen LogP contribution in [0.2, 0.25) is 0 Å². The van der Waals surface area contributed by atoms with Crippen LogP contribution in [0.15, 0.2) is 0 Å². The Balaban J connectivity index is 3.54. The van der Waals surface area contributed by atoms with E-state index in [1.54, 1.807) is 0 Å². The van der Waals surface area contributed by atoms with Gasteiger partial charge in [-0.3, -0.25) is 0 Å². The molecule has 0 rings (SSSR count). The molecule has 0 heterocycles. The standard InChI is InChI=1S/C8H22N4/c1-5(9)7(11)3-4-8(12)6(2)10/h5-8H,3-4,9-12H2,1-2H3. The van der Waals surface area contributed by atoms with Crippen molar-refractivity contribution < 1.29 is 0 Å². The lowest BCUT2D eigenvalue weighted by Crippen LogP contribution is -2.43. The summed E-state index contributed by atoms with van der Waals surface area (Å²) in [5.74, 6) is 0. The maximum absolute atomic E-state index is 5.74. The molecule has 0 bridgehead atoms. The average Bonchev–Trinajstić information content (AvgIpc) is 1.98. The minimum Gasteiger partial charge on any atom is -0.327 e. The monoisotopic (exact) mass is 174 g/mol. The minimum absolute atomic E-state index is 0.0327. The van der Waals surface area contributed by atoms with Crippen LogP contribution in [0.3, 0.4) is 0 Å². The van der Waals surface area contributed by atoms with Crippen LogP contribution in [0.5, 0.6) is 0 Å². The normalized spacial score (nSPS) is 21.5. The van der Waals surface area contributed by atoms with Crippen molar-refractivity contribution in [3.63, 3.8) is 0 Å². The molecule has 0 radical (unpaired) electrons. The van der Waals surface area contributed by atoms with Gasteiger partial charge in [0.15, 0.2) is 0 Å². The van der Waals surface area contributed by atoms with Crippen LogP contribution in [0.4, 0.5) is 0 Å². The molecule has 4 heteroatoms. The first-order valence-corrected chi connectivity index (χ1v) is 4.47. The molecule has 0 saturated carbocycles. The zero-order valence-electron chi connectivity index (χ0n) is 8.03. The van der Waals surface area contributed by atoms with Crippen LogP contribution in [0.1, 0.15) is 26.7 Å². The molecule has 0 amide bonds. The topological polar surface area (TPSA) is 104 Å². The van der Waals surface area contributed by atoms with E-state index in [9.17, 15) is 0 Å². The maximum Gasteiger partial charge on any atom is 0.0190 e. The molecule has 0 fully saturated rings. The molecule has 12 heavy (non-hydrogen) atoms. The fourth-order valence-corrected chi connectivity index (χ4v) is 0.911. The van der Waals surface area contributed by atoms with Crippen molar-refractivity contribution in [1.82, 2.24) is 0 Å². The zero-order valence-corrected chi connectivity index (χ0v) is 8.03. The number of nitrogens with two attached hydrogens (primary N) is 4. The quantitative estimate of drug-likeness (QED) is 0.434. The summed E-state index contributed by atoms with van der Waals surface area (Å²) in [5.41, 5.74) is 22.7. The van der Waals surface area contributed by atoms with E-state index < -0.39 is 0 Å². The molecule has 0 saturated heterocycles. The zero-order chi connectivity index (χ0) is 9.72. The third kappa shape index (κ3) is 4.66. The fraction of sp³-hybridized carbons (Fsp3) is 1.00. The average molecular weight is 174 g/mol. The Hall–Kier alpha value is -0.160. The van der Waals surface area contributed by atoms with Crippen LogP contribution in [-0.2, 0) is 0 Å². The molecule has 0 spiro atoms. The van der Waals surface area contributed by atoms with Crippen LogP contribution >= 0.6 is 0 Å². The van der Waals surface area contributed by atoms with Gasteiger partial charge >= 0.3 is 0 Å². The van der Waals surface area contributed by atoms with Gasteiger partial charge in [-0.15, -0.1) is 0 Å². The van der Waals surface area contributed by atoms with Gasteiger partial charge < -0.3 is 22.9 Å². The lowest BCUT2D eigenvalue weighted by molar-refractivity contribution is 0.443. The first-order chi connectivity index (χ1) is 5.45. The van der Waals surface area contributed by atoms with Crippen molar-refractivity contribution in [2.45, 2.75) is 50.9 Å². The third-order valence-electron chi connectivity index (χ3n) is 2.18. The summed E-state index contributed by atoms with van der Waals surface area (Å²) in [6.45, 7) is 3.81. The molecule has 0 aromatic carbocycles. The van der Waals surface area contributed by atoms with Gasteiger partial charge in [0.1, 0.15) is 0 Å². The van der Waals surface area contributed by atoms with E-state index in [-0.39, 0.29) is 24.2 Å². The third-order valence-corrected chi connectivity index (χ3v) is 2.18. The number of rotatable bonds is 5. The summed E-state index contributed by atoms with van der Waals surface area (Å²) in [5, 5.41) is 0. The second kappa shape index (κ2) is 5.48. The predicted molar refractivity (Wildman–Crippen MR) is 52.5 cm³/mol. The Morgan fingerprint density at radius 2 is 1.00 bits per heavy atom. The Bertz CT molecular complexity index is 99.6. The fourth-order valence-electron chi connectivity index (χ4n) is 0.911. The summed E-state index contributed by atoms with van der Waals surface area (Å²) in [7, 11) is 0. The second-order valence-electron chi connectivity index (χ2n) is 3.62. The second-order valence-corrected chi connectivity index (χ2v) is 3.62. The van der Waals surface area contributed by atoms with Crippen molar-refractivity contribution in [2.75, 3.05) is 0 Å². The summed E-state index contributed by atoms with van der Waals surface area (Å²) in [6, 6.07) is 0.139. The summed E-state index contributed by atoms with van der Waals surface area (Å²) < 4.78 is 0. The molecule has 8 N–H and O–H groups in total. The van der Waals surface area contributed by atoms with Crippen molar-refractivity contribution in [2.24, 2.45) is 22.9 Å². The highest BCUT2D eigenvalue weighted by Gasteiger charge is 2.12. The smallest absolute Gasteiger partial charge is 0.0190 e. The van der Waals surface area contributed by atoms with Crippen molar-refractivity contribution in [3.8, 4) is 0 Å². The SMILES string of the molecule is CC(N)C(N)CCC(N)C(C)N. The molecule has 4 atom stereocenters. The Morgan fingerprint density at radius 3 is 1.17 bits per heavy atom. The minimum atomic E-state index is 0.0327. The highest BCUT2D eigenvalue weighted by atomic mass is 14.8. The Morgan fingerprint density at radius 1 is 0.750 bits per heavy atom.